The second-order valence-corrected chi connectivity index (χ2v) is 9.02. The van der Waals surface area contributed by atoms with Crippen molar-refractivity contribution < 1.29 is 19.2 Å². The predicted octanol–water partition coefficient (Wildman–Crippen LogP) is 5.83. The highest BCUT2D eigenvalue weighted by molar-refractivity contribution is 6.35. The molecule has 2 amide bonds. The van der Waals surface area contributed by atoms with Crippen LogP contribution in [0.1, 0.15) is 24.9 Å². The molecule has 8 heteroatoms. The molecule has 0 aliphatic carbocycles. The first-order chi connectivity index (χ1) is 16.5. The molecule has 3 atom stereocenters. The Labute approximate surface area is 207 Å². The van der Waals surface area contributed by atoms with Crippen molar-refractivity contribution in [3.05, 3.63) is 88.4 Å². The molecular weight excluding hydrogens is 475 g/mol. The lowest BCUT2D eigenvalue weighted by molar-refractivity contribution is -0.126. The number of nitrogens with zero attached hydrogens (tertiary/aromatic N) is 2. The van der Waals surface area contributed by atoms with Crippen LogP contribution in [0.2, 0.25) is 10.0 Å². The summed E-state index contributed by atoms with van der Waals surface area (Å²) in [5.74, 6) is -0.845. The van der Waals surface area contributed by atoms with Gasteiger partial charge in [0.25, 0.3) is 5.91 Å². The lowest BCUT2D eigenvalue weighted by atomic mass is 9.90. The van der Waals surface area contributed by atoms with E-state index in [0.29, 0.717) is 33.7 Å². The van der Waals surface area contributed by atoms with E-state index in [4.69, 9.17) is 32.8 Å². The van der Waals surface area contributed by atoms with Crippen LogP contribution in [0.5, 0.6) is 5.75 Å². The van der Waals surface area contributed by atoms with Crippen LogP contribution in [0.15, 0.2) is 72.8 Å². The van der Waals surface area contributed by atoms with Crippen LogP contribution in [0.25, 0.3) is 0 Å². The number of fused-ring (bicyclic) bond motifs is 1. The number of hydrogen-bond donors (Lipinski definition) is 0. The van der Waals surface area contributed by atoms with E-state index in [9.17, 15) is 9.59 Å². The molecule has 5 rings (SSSR count). The number of halogens is 2. The molecule has 0 spiro atoms. The second kappa shape index (κ2) is 9.29. The third-order valence-electron chi connectivity index (χ3n) is 5.98. The maximum Gasteiger partial charge on any atom is 0.266 e. The Balaban J connectivity index is 1.52. The molecular formula is C26H22Cl2N2O4. The smallest absolute Gasteiger partial charge is 0.266 e. The van der Waals surface area contributed by atoms with Crippen molar-refractivity contribution in [3.63, 3.8) is 0 Å². The first-order valence-electron chi connectivity index (χ1n) is 11.1. The highest BCUT2D eigenvalue weighted by Gasteiger charge is 2.60. The summed E-state index contributed by atoms with van der Waals surface area (Å²) in [5, 5.41) is 2.49. The summed E-state index contributed by atoms with van der Waals surface area (Å²) in [6, 6.07) is 20.8. The van der Waals surface area contributed by atoms with E-state index >= 15 is 0 Å². The minimum Gasteiger partial charge on any atom is -0.494 e. The molecule has 0 saturated carbocycles. The summed E-state index contributed by atoms with van der Waals surface area (Å²) in [4.78, 5) is 34.4. The van der Waals surface area contributed by atoms with Crippen LogP contribution >= 0.6 is 23.2 Å². The van der Waals surface area contributed by atoms with E-state index in [1.54, 1.807) is 47.5 Å². The number of rotatable bonds is 6. The number of imide groups is 1. The van der Waals surface area contributed by atoms with E-state index in [0.717, 1.165) is 12.1 Å². The molecule has 0 radical (unpaired) electrons. The zero-order valence-corrected chi connectivity index (χ0v) is 19.9. The number of hydroxylamine groups is 1. The monoisotopic (exact) mass is 496 g/mol. The minimum absolute atomic E-state index is 0.341. The standard InChI is InChI=1S/C26H22Cl2N2O4/c1-2-14-33-19-11-9-17(10-12-19)29-25(31)22-23(20-13-8-16(27)15-21(20)28)30(34-24(22)26(29)32)18-6-4-3-5-7-18/h3-13,15,22-24H,2,14H2,1H3/t22-,23-,24+/m0/s1. The summed E-state index contributed by atoms with van der Waals surface area (Å²) in [7, 11) is 0. The number of anilines is 2. The molecule has 2 aliphatic heterocycles. The van der Waals surface area contributed by atoms with Gasteiger partial charge in [0.15, 0.2) is 6.10 Å². The molecule has 2 aliphatic rings. The fraction of sp³-hybridized carbons (Fsp3) is 0.231. The maximum absolute atomic E-state index is 13.7. The third-order valence-corrected chi connectivity index (χ3v) is 6.54. The zero-order chi connectivity index (χ0) is 23.8. The van der Waals surface area contributed by atoms with E-state index in [1.807, 2.05) is 37.3 Å². The summed E-state index contributed by atoms with van der Waals surface area (Å²) in [5.41, 5.74) is 1.86. The molecule has 0 bridgehead atoms. The first kappa shape index (κ1) is 22.7. The normalized spacial score (nSPS) is 21.8. The molecule has 2 heterocycles. The van der Waals surface area contributed by atoms with Gasteiger partial charge in [-0.25, -0.2) is 9.96 Å². The fourth-order valence-corrected chi connectivity index (χ4v) is 4.96. The maximum atomic E-state index is 13.7. The summed E-state index contributed by atoms with van der Waals surface area (Å²) in [6.45, 7) is 2.62. The lowest BCUT2D eigenvalue weighted by Gasteiger charge is -2.29. The number of amides is 2. The number of benzene rings is 3. The van der Waals surface area contributed by atoms with Crippen LogP contribution in [0.3, 0.4) is 0 Å². The van der Waals surface area contributed by atoms with Gasteiger partial charge >= 0.3 is 0 Å². The molecule has 6 nitrogen and oxygen atoms in total. The zero-order valence-electron chi connectivity index (χ0n) is 18.4. The number of hydrogen-bond acceptors (Lipinski definition) is 5. The Morgan fingerprint density at radius 3 is 2.32 bits per heavy atom. The van der Waals surface area contributed by atoms with Crippen molar-refractivity contribution in [2.75, 3.05) is 16.6 Å². The van der Waals surface area contributed by atoms with Crippen molar-refractivity contribution in [1.29, 1.82) is 0 Å². The number of para-hydroxylation sites is 1. The Morgan fingerprint density at radius 2 is 1.65 bits per heavy atom. The molecule has 0 unspecified atom stereocenters. The molecule has 34 heavy (non-hydrogen) atoms. The van der Waals surface area contributed by atoms with Gasteiger partial charge in [-0.15, -0.1) is 0 Å². The summed E-state index contributed by atoms with van der Waals surface area (Å²) < 4.78 is 5.62. The van der Waals surface area contributed by atoms with Gasteiger partial charge in [-0.2, -0.15) is 0 Å². The molecule has 0 aromatic heterocycles. The Hall–Kier alpha value is -3.06. The molecule has 2 fully saturated rings. The first-order valence-corrected chi connectivity index (χ1v) is 11.8. The molecule has 174 valence electrons. The van der Waals surface area contributed by atoms with E-state index in [2.05, 4.69) is 0 Å². The predicted molar refractivity (Wildman–Crippen MR) is 131 cm³/mol. The molecule has 3 aromatic carbocycles. The second-order valence-electron chi connectivity index (χ2n) is 8.18. The van der Waals surface area contributed by atoms with Gasteiger partial charge in [0, 0.05) is 10.0 Å². The van der Waals surface area contributed by atoms with Crippen molar-refractivity contribution >= 4 is 46.4 Å². The van der Waals surface area contributed by atoms with Gasteiger partial charge in [-0.05, 0) is 60.5 Å². The van der Waals surface area contributed by atoms with Gasteiger partial charge in [0.1, 0.15) is 11.7 Å². The number of carbonyl (C=O) groups is 2. The Morgan fingerprint density at radius 1 is 0.912 bits per heavy atom. The van der Waals surface area contributed by atoms with Crippen molar-refractivity contribution in [2.45, 2.75) is 25.5 Å². The summed E-state index contributed by atoms with van der Waals surface area (Å²) in [6.07, 6.45) is -0.0848. The highest BCUT2D eigenvalue weighted by atomic mass is 35.5. The van der Waals surface area contributed by atoms with Crippen LogP contribution < -0.4 is 14.7 Å². The van der Waals surface area contributed by atoms with Gasteiger partial charge < -0.3 is 4.74 Å². The Kier molecular flexibility index (Phi) is 6.21. The lowest BCUT2D eigenvalue weighted by Crippen LogP contribution is -2.37. The van der Waals surface area contributed by atoms with Gasteiger partial charge in [-0.3, -0.25) is 14.4 Å². The van der Waals surface area contributed by atoms with E-state index in [-0.39, 0.29) is 5.91 Å². The minimum atomic E-state index is -0.972. The third kappa shape index (κ3) is 3.92. The van der Waals surface area contributed by atoms with Crippen molar-refractivity contribution in [3.8, 4) is 5.75 Å². The van der Waals surface area contributed by atoms with Crippen molar-refractivity contribution in [2.24, 2.45) is 5.92 Å². The van der Waals surface area contributed by atoms with Crippen LogP contribution in [-0.4, -0.2) is 24.5 Å². The molecule has 2 saturated heterocycles. The van der Waals surface area contributed by atoms with Gasteiger partial charge in [0.2, 0.25) is 5.91 Å². The topological polar surface area (TPSA) is 59.1 Å². The van der Waals surface area contributed by atoms with Crippen molar-refractivity contribution in [1.82, 2.24) is 0 Å². The average Bonchev–Trinajstić information content (AvgIpc) is 3.35. The number of ether oxygens (including phenoxy) is 1. The van der Waals surface area contributed by atoms with Crippen LogP contribution in [-0.2, 0) is 14.4 Å². The summed E-state index contributed by atoms with van der Waals surface area (Å²) >= 11 is 12.7. The SMILES string of the molecule is CCCOc1ccc(N2C(=O)[C@@H]3[C@@H](ON(c4ccccc4)[C@H]3c3ccc(Cl)cc3Cl)C2=O)cc1. The quantitative estimate of drug-likeness (QED) is 0.401. The molecule has 3 aromatic rings. The number of carbonyl (C=O) groups excluding carboxylic acids is 2. The fourth-order valence-electron chi connectivity index (χ4n) is 4.44. The largest absolute Gasteiger partial charge is 0.494 e. The Bertz CT molecular complexity index is 1220. The average molecular weight is 497 g/mol. The van der Waals surface area contributed by atoms with Crippen LogP contribution in [0, 0.1) is 5.92 Å². The highest BCUT2D eigenvalue weighted by Crippen LogP contribution is 2.49. The molecule has 0 N–H and O–H groups in total. The van der Waals surface area contributed by atoms with Gasteiger partial charge in [-0.1, -0.05) is 54.4 Å². The van der Waals surface area contributed by atoms with E-state index in [1.165, 1.54) is 4.90 Å². The van der Waals surface area contributed by atoms with Crippen LogP contribution in [0.4, 0.5) is 11.4 Å². The van der Waals surface area contributed by atoms with Gasteiger partial charge in [0.05, 0.1) is 24.0 Å². The van der Waals surface area contributed by atoms with E-state index < -0.39 is 24.0 Å².